The first-order valence-corrected chi connectivity index (χ1v) is 7.93. The first-order valence-electron chi connectivity index (χ1n) is 7.93. The molecule has 134 valence electrons. The first-order chi connectivity index (χ1) is 12.7. The average molecular weight is 354 g/mol. The third kappa shape index (κ3) is 5.45. The fraction of sp³-hybridized carbons (Fsp3) is 0.200. The molecular formula is C20H18O6. The van der Waals surface area contributed by atoms with Crippen LogP contribution in [0.25, 0.3) is 0 Å². The molecule has 2 aromatic carbocycles. The van der Waals surface area contributed by atoms with Crippen LogP contribution in [-0.2, 0) is 9.47 Å². The number of rotatable bonds is 6. The van der Waals surface area contributed by atoms with Crippen LogP contribution in [0.2, 0.25) is 0 Å². The Morgan fingerprint density at radius 3 is 1.96 bits per heavy atom. The number of aliphatic hydroxyl groups excluding tert-OH is 2. The van der Waals surface area contributed by atoms with Gasteiger partial charge < -0.3 is 19.7 Å². The smallest absolute Gasteiger partial charge is 0.339 e. The fourth-order valence-electron chi connectivity index (χ4n) is 2.07. The van der Waals surface area contributed by atoms with E-state index < -0.39 is 11.9 Å². The lowest BCUT2D eigenvalue weighted by atomic mass is 10.0. The molecule has 0 saturated carbocycles. The molecule has 0 spiro atoms. The van der Waals surface area contributed by atoms with Crippen LogP contribution in [0.1, 0.15) is 31.8 Å². The van der Waals surface area contributed by atoms with Crippen molar-refractivity contribution in [3.63, 3.8) is 0 Å². The number of benzene rings is 2. The third-order valence-corrected chi connectivity index (χ3v) is 3.23. The van der Waals surface area contributed by atoms with Crippen LogP contribution >= 0.6 is 0 Å². The number of carbonyl (C=O) groups is 2. The molecule has 0 aliphatic carbocycles. The Bertz CT molecular complexity index is 817. The van der Waals surface area contributed by atoms with Gasteiger partial charge in [-0.05, 0) is 30.3 Å². The van der Waals surface area contributed by atoms with E-state index in [1.165, 1.54) is 12.1 Å². The van der Waals surface area contributed by atoms with Gasteiger partial charge in [0.05, 0.1) is 24.3 Å². The monoisotopic (exact) mass is 354 g/mol. The molecule has 2 aromatic rings. The van der Waals surface area contributed by atoms with E-state index in [0.29, 0.717) is 5.56 Å². The maximum Gasteiger partial charge on any atom is 0.339 e. The highest BCUT2D eigenvalue weighted by Crippen LogP contribution is 2.15. The molecule has 6 nitrogen and oxygen atoms in total. The highest BCUT2D eigenvalue weighted by Gasteiger charge is 2.20. The van der Waals surface area contributed by atoms with Crippen LogP contribution in [-0.4, -0.2) is 48.6 Å². The highest BCUT2D eigenvalue weighted by atomic mass is 16.5. The summed E-state index contributed by atoms with van der Waals surface area (Å²) in [7, 11) is 0. The van der Waals surface area contributed by atoms with Gasteiger partial charge in [0, 0.05) is 11.1 Å². The zero-order valence-electron chi connectivity index (χ0n) is 14.0. The van der Waals surface area contributed by atoms with Gasteiger partial charge in [0.2, 0.25) is 0 Å². The zero-order valence-corrected chi connectivity index (χ0v) is 14.0. The van der Waals surface area contributed by atoms with Crippen molar-refractivity contribution in [3.05, 3.63) is 70.8 Å². The molecule has 2 rings (SSSR count). The van der Waals surface area contributed by atoms with Crippen LogP contribution in [0.15, 0.2) is 48.5 Å². The Balaban J connectivity index is 2.33. The molecule has 0 saturated heterocycles. The molecule has 0 amide bonds. The molecule has 0 aromatic heterocycles. The van der Waals surface area contributed by atoms with E-state index in [0.717, 1.165) is 5.56 Å². The van der Waals surface area contributed by atoms with Gasteiger partial charge in [-0.3, -0.25) is 0 Å². The van der Waals surface area contributed by atoms with Gasteiger partial charge in [-0.15, -0.1) is 0 Å². The number of hydrogen-bond acceptors (Lipinski definition) is 6. The standard InChI is InChI=1S/C20H18O6/c21-10-12-25-19(23)17-9-8-16(7-6-15-4-2-1-3-5-15)14-18(17)20(24)26-13-11-22/h1-5,8-9,14,21-22H,10-13H2. The molecule has 0 bridgehead atoms. The lowest BCUT2D eigenvalue weighted by Crippen LogP contribution is -2.16. The predicted molar refractivity (Wildman–Crippen MR) is 93.6 cm³/mol. The van der Waals surface area contributed by atoms with E-state index in [1.807, 2.05) is 30.3 Å². The Morgan fingerprint density at radius 1 is 0.769 bits per heavy atom. The van der Waals surface area contributed by atoms with Crippen LogP contribution in [0, 0.1) is 11.8 Å². The second-order valence-electron chi connectivity index (χ2n) is 5.10. The van der Waals surface area contributed by atoms with Crippen LogP contribution in [0.4, 0.5) is 0 Å². The van der Waals surface area contributed by atoms with Crippen LogP contribution < -0.4 is 0 Å². The summed E-state index contributed by atoms with van der Waals surface area (Å²) in [5, 5.41) is 17.6. The van der Waals surface area contributed by atoms with E-state index in [1.54, 1.807) is 6.07 Å². The van der Waals surface area contributed by atoms with Gasteiger partial charge in [-0.1, -0.05) is 30.0 Å². The summed E-state index contributed by atoms with van der Waals surface area (Å²) in [5.74, 6) is 4.37. The van der Waals surface area contributed by atoms with Gasteiger partial charge in [-0.2, -0.15) is 0 Å². The Morgan fingerprint density at radius 2 is 1.35 bits per heavy atom. The van der Waals surface area contributed by atoms with Crippen molar-refractivity contribution in [3.8, 4) is 11.8 Å². The van der Waals surface area contributed by atoms with Crippen LogP contribution in [0.3, 0.4) is 0 Å². The van der Waals surface area contributed by atoms with E-state index in [4.69, 9.17) is 19.7 Å². The lowest BCUT2D eigenvalue weighted by molar-refractivity contribution is 0.0389. The topological polar surface area (TPSA) is 93.1 Å². The van der Waals surface area contributed by atoms with Gasteiger partial charge in [0.1, 0.15) is 13.2 Å². The molecule has 0 aliphatic heterocycles. The van der Waals surface area contributed by atoms with Crippen molar-refractivity contribution >= 4 is 11.9 Å². The van der Waals surface area contributed by atoms with Gasteiger partial charge >= 0.3 is 11.9 Å². The second-order valence-corrected chi connectivity index (χ2v) is 5.10. The summed E-state index contributed by atoms with van der Waals surface area (Å²) in [6.45, 7) is -1.02. The molecule has 26 heavy (non-hydrogen) atoms. The van der Waals surface area contributed by atoms with Crippen molar-refractivity contribution in [1.82, 2.24) is 0 Å². The van der Waals surface area contributed by atoms with Gasteiger partial charge in [0.25, 0.3) is 0 Å². The third-order valence-electron chi connectivity index (χ3n) is 3.23. The molecule has 0 radical (unpaired) electrons. The molecule has 0 heterocycles. The minimum atomic E-state index is -0.765. The first kappa shape index (κ1) is 19.2. The number of ether oxygens (including phenoxy) is 2. The summed E-state index contributed by atoms with van der Waals surface area (Å²) >= 11 is 0. The summed E-state index contributed by atoms with van der Waals surface area (Å²) in [5.41, 5.74) is 1.32. The zero-order chi connectivity index (χ0) is 18.8. The second kappa shape index (κ2) is 9.99. The van der Waals surface area contributed by atoms with Crippen molar-refractivity contribution in [1.29, 1.82) is 0 Å². The Labute approximate surface area is 151 Å². The molecule has 2 N–H and O–H groups in total. The SMILES string of the molecule is O=C(OCCO)c1ccc(C#Cc2ccccc2)cc1C(=O)OCCO. The minimum absolute atomic E-state index is 0.00616. The maximum absolute atomic E-state index is 12.2. The molecule has 0 aliphatic rings. The summed E-state index contributed by atoms with van der Waals surface area (Å²) in [4.78, 5) is 24.3. The van der Waals surface area contributed by atoms with Gasteiger partial charge in [-0.25, -0.2) is 9.59 Å². The fourth-order valence-corrected chi connectivity index (χ4v) is 2.07. The molecule has 0 unspecified atom stereocenters. The van der Waals surface area contributed by atoms with E-state index in [9.17, 15) is 9.59 Å². The van der Waals surface area contributed by atoms with Crippen molar-refractivity contribution in [2.45, 2.75) is 0 Å². The quantitative estimate of drug-likeness (QED) is 0.601. The maximum atomic E-state index is 12.2. The lowest BCUT2D eigenvalue weighted by Gasteiger charge is -2.09. The van der Waals surface area contributed by atoms with Gasteiger partial charge in [0.15, 0.2) is 0 Å². The highest BCUT2D eigenvalue weighted by molar-refractivity contribution is 6.03. The average Bonchev–Trinajstić information content (AvgIpc) is 2.69. The van der Waals surface area contributed by atoms with E-state index >= 15 is 0 Å². The van der Waals surface area contributed by atoms with Crippen LogP contribution in [0.5, 0.6) is 0 Å². The number of hydrogen-bond donors (Lipinski definition) is 2. The molecule has 0 fully saturated rings. The predicted octanol–water partition coefficient (Wildman–Crippen LogP) is 1.38. The normalized spacial score (nSPS) is 9.77. The van der Waals surface area contributed by atoms with E-state index in [2.05, 4.69) is 11.8 Å². The summed E-state index contributed by atoms with van der Waals surface area (Å²) in [6, 6.07) is 13.8. The summed E-state index contributed by atoms with van der Waals surface area (Å²) in [6.07, 6.45) is 0. The molecule has 6 heteroatoms. The largest absolute Gasteiger partial charge is 0.460 e. The number of aliphatic hydroxyl groups is 2. The number of carbonyl (C=O) groups excluding carboxylic acids is 2. The summed E-state index contributed by atoms with van der Waals surface area (Å²) < 4.78 is 9.76. The van der Waals surface area contributed by atoms with Crippen molar-refractivity contribution in [2.75, 3.05) is 26.4 Å². The Hall–Kier alpha value is -3.14. The van der Waals surface area contributed by atoms with Crippen molar-refractivity contribution in [2.24, 2.45) is 0 Å². The molecule has 0 atom stereocenters. The minimum Gasteiger partial charge on any atom is -0.460 e. The molecular weight excluding hydrogens is 336 g/mol. The Kier molecular flexibility index (Phi) is 7.37. The van der Waals surface area contributed by atoms with E-state index in [-0.39, 0.29) is 37.6 Å². The number of esters is 2. The van der Waals surface area contributed by atoms with Crippen molar-refractivity contribution < 1.29 is 29.3 Å².